The Labute approximate surface area is 157 Å². The second-order valence-electron chi connectivity index (χ2n) is 8.34. The minimum atomic E-state index is -2.45. The molecule has 2 heteroatoms. The van der Waals surface area contributed by atoms with Gasteiger partial charge in [-0.3, -0.25) is 0 Å². The lowest BCUT2D eigenvalue weighted by molar-refractivity contribution is 0.133. The molecule has 4 rings (SSSR count). The Balaban J connectivity index is 2.04. The van der Waals surface area contributed by atoms with Crippen LogP contribution in [0.15, 0.2) is 84.9 Å². The fourth-order valence-electron chi connectivity index (χ4n) is 4.47. The molecular weight excluding hydrogens is 332 g/mol. The maximum Gasteiger partial charge on any atom is 0.263 e. The molecule has 0 fully saturated rings. The van der Waals surface area contributed by atoms with Crippen LogP contribution in [0.2, 0.25) is 5.04 Å². The zero-order chi connectivity index (χ0) is 18.4. The summed E-state index contributed by atoms with van der Waals surface area (Å²) in [6.45, 7) is 9.24. The van der Waals surface area contributed by atoms with Gasteiger partial charge in [0.05, 0.1) is 0 Å². The molecule has 0 aliphatic carbocycles. The molecule has 3 aromatic rings. The number of hydrogen-bond donors (Lipinski definition) is 0. The van der Waals surface area contributed by atoms with Crippen molar-refractivity contribution in [3.05, 3.63) is 96.1 Å². The first kappa shape index (κ1) is 17.3. The Hall–Kier alpha value is -2.16. The van der Waals surface area contributed by atoms with Crippen LogP contribution in [0.3, 0.4) is 0 Å². The van der Waals surface area contributed by atoms with Crippen molar-refractivity contribution in [3.8, 4) is 0 Å². The Kier molecular flexibility index (Phi) is 3.94. The van der Waals surface area contributed by atoms with Crippen LogP contribution in [0.4, 0.5) is 0 Å². The van der Waals surface area contributed by atoms with E-state index in [1.54, 1.807) is 0 Å². The van der Waals surface area contributed by atoms with E-state index in [0.29, 0.717) is 0 Å². The van der Waals surface area contributed by atoms with Gasteiger partial charge in [-0.25, -0.2) is 0 Å². The quantitative estimate of drug-likeness (QED) is 0.596. The van der Waals surface area contributed by atoms with Crippen molar-refractivity contribution in [2.45, 2.75) is 38.3 Å². The maximum atomic E-state index is 7.28. The maximum absolute atomic E-state index is 7.28. The highest BCUT2D eigenvalue weighted by molar-refractivity contribution is 7.00. The van der Waals surface area contributed by atoms with Crippen molar-refractivity contribution in [2.75, 3.05) is 0 Å². The SMILES string of the molecule is CC1(c2ccccc2)O[Si](c2ccccc2)(C(C)(C)C)c2ccccc21. The Morgan fingerprint density at radius 1 is 0.731 bits per heavy atom. The summed E-state index contributed by atoms with van der Waals surface area (Å²) in [5, 5.41) is 2.78. The Bertz CT molecular complexity index is 914. The summed E-state index contributed by atoms with van der Waals surface area (Å²) in [5.74, 6) is 0. The molecular formula is C24H26OSi. The summed E-state index contributed by atoms with van der Waals surface area (Å²) < 4.78 is 7.28. The average molecular weight is 359 g/mol. The Morgan fingerprint density at radius 2 is 1.27 bits per heavy atom. The fourth-order valence-corrected chi connectivity index (χ4v) is 9.52. The Morgan fingerprint density at radius 3 is 1.88 bits per heavy atom. The monoisotopic (exact) mass is 358 g/mol. The van der Waals surface area contributed by atoms with E-state index in [-0.39, 0.29) is 5.04 Å². The molecule has 3 aromatic carbocycles. The van der Waals surface area contributed by atoms with E-state index in [4.69, 9.17) is 4.43 Å². The van der Waals surface area contributed by atoms with Crippen LogP contribution in [0, 0.1) is 0 Å². The number of fused-ring (bicyclic) bond motifs is 1. The van der Waals surface area contributed by atoms with Crippen molar-refractivity contribution in [3.63, 3.8) is 0 Å². The molecule has 2 atom stereocenters. The molecule has 2 unspecified atom stereocenters. The highest BCUT2D eigenvalue weighted by atomic mass is 28.4. The van der Waals surface area contributed by atoms with E-state index in [9.17, 15) is 0 Å². The van der Waals surface area contributed by atoms with Crippen LogP contribution >= 0.6 is 0 Å². The van der Waals surface area contributed by atoms with Crippen molar-refractivity contribution in [1.29, 1.82) is 0 Å². The molecule has 0 saturated heterocycles. The summed E-state index contributed by atoms with van der Waals surface area (Å²) >= 11 is 0. The zero-order valence-electron chi connectivity index (χ0n) is 16.0. The lowest BCUT2D eigenvalue weighted by atomic mass is 9.88. The molecule has 1 heterocycles. The highest BCUT2D eigenvalue weighted by Crippen LogP contribution is 2.49. The molecule has 1 aliphatic heterocycles. The van der Waals surface area contributed by atoms with Crippen LogP contribution in [0.25, 0.3) is 0 Å². The predicted octanol–water partition coefficient (Wildman–Crippen LogP) is 4.84. The van der Waals surface area contributed by atoms with Crippen molar-refractivity contribution in [1.82, 2.24) is 0 Å². The smallest absolute Gasteiger partial charge is 0.263 e. The van der Waals surface area contributed by atoms with Crippen molar-refractivity contribution < 1.29 is 4.43 Å². The van der Waals surface area contributed by atoms with Gasteiger partial charge in [0.15, 0.2) is 0 Å². The van der Waals surface area contributed by atoms with E-state index >= 15 is 0 Å². The average Bonchev–Trinajstić information content (AvgIpc) is 2.95. The first-order valence-corrected chi connectivity index (χ1v) is 11.2. The third-order valence-electron chi connectivity index (χ3n) is 5.74. The molecule has 0 saturated carbocycles. The first-order valence-electron chi connectivity index (χ1n) is 9.31. The largest absolute Gasteiger partial charge is 0.394 e. The zero-order valence-corrected chi connectivity index (χ0v) is 17.0. The first-order chi connectivity index (χ1) is 12.4. The number of benzene rings is 3. The van der Waals surface area contributed by atoms with Crippen LogP contribution in [0.1, 0.15) is 38.8 Å². The van der Waals surface area contributed by atoms with E-state index in [1.165, 1.54) is 21.5 Å². The van der Waals surface area contributed by atoms with E-state index in [1.807, 2.05) is 0 Å². The van der Waals surface area contributed by atoms with Crippen LogP contribution < -0.4 is 10.4 Å². The van der Waals surface area contributed by atoms with Crippen LogP contribution in [0.5, 0.6) is 0 Å². The molecule has 0 N–H and O–H groups in total. The molecule has 132 valence electrons. The summed E-state index contributed by atoms with van der Waals surface area (Å²) in [6, 6.07) is 30.4. The second kappa shape index (κ2) is 5.93. The second-order valence-corrected chi connectivity index (χ2v) is 12.5. The van der Waals surface area contributed by atoms with Gasteiger partial charge in [0.25, 0.3) is 8.32 Å². The minimum absolute atomic E-state index is 0.0248. The lowest BCUT2D eigenvalue weighted by Crippen LogP contribution is -2.64. The molecule has 0 aromatic heterocycles. The molecule has 0 spiro atoms. The van der Waals surface area contributed by atoms with E-state index in [0.717, 1.165) is 0 Å². The van der Waals surface area contributed by atoms with E-state index in [2.05, 4.69) is 113 Å². The topological polar surface area (TPSA) is 9.23 Å². The van der Waals surface area contributed by atoms with Gasteiger partial charge in [-0.05, 0) is 33.5 Å². The van der Waals surface area contributed by atoms with Gasteiger partial charge in [-0.15, -0.1) is 0 Å². The van der Waals surface area contributed by atoms with Crippen LogP contribution in [-0.4, -0.2) is 8.32 Å². The van der Waals surface area contributed by atoms with Gasteiger partial charge in [0.2, 0.25) is 0 Å². The minimum Gasteiger partial charge on any atom is -0.394 e. The van der Waals surface area contributed by atoms with E-state index < -0.39 is 13.9 Å². The van der Waals surface area contributed by atoms with Crippen molar-refractivity contribution >= 4 is 18.7 Å². The molecule has 1 nitrogen and oxygen atoms in total. The summed E-state index contributed by atoms with van der Waals surface area (Å²) in [5.41, 5.74) is 2.12. The van der Waals surface area contributed by atoms with Gasteiger partial charge >= 0.3 is 0 Å². The van der Waals surface area contributed by atoms with Gasteiger partial charge < -0.3 is 4.43 Å². The molecule has 1 aliphatic rings. The third kappa shape index (κ3) is 2.33. The van der Waals surface area contributed by atoms with Crippen molar-refractivity contribution in [2.24, 2.45) is 0 Å². The van der Waals surface area contributed by atoms with Gasteiger partial charge in [-0.2, -0.15) is 0 Å². The third-order valence-corrected chi connectivity index (χ3v) is 10.9. The number of rotatable bonds is 2. The lowest BCUT2D eigenvalue weighted by Gasteiger charge is -2.42. The van der Waals surface area contributed by atoms with Crippen LogP contribution in [-0.2, 0) is 10.0 Å². The standard InChI is InChI=1S/C24H26OSi/c1-23(2,3)26(20-15-9-6-10-16-20)22-18-12-11-17-21(22)24(4,25-26)19-13-7-5-8-14-19/h5-18H,1-4H3. The number of hydrogen-bond acceptors (Lipinski definition) is 1. The molecule has 26 heavy (non-hydrogen) atoms. The predicted molar refractivity (Wildman–Crippen MR) is 112 cm³/mol. The highest BCUT2D eigenvalue weighted by Gasteiger charge is 2.60. The normalized spacial score (nSPS) is 25.1. The summed E-state index contributed by atoms with van der Waals surface area (Å²) in [4.78, 5) is 0. The molecule has 0 amide bonds. The van der Waals surface area contributed by atoms with Gasteiger partial charge in [-0.1, -0.05) is 106 Å². The molecule has 0 radical (unpaired) electrons. The molecule has 0 bridgehead atoms. The summed E-state index contributed by atoms with van der Waals surface area (Å²) in [7, 11) is -2.45. The fraction of sp³-hybridized carbons (Fsp3) is 0.250. The van der Waals surface area contributed by atoms with Gasteiger partial charge in [0, 0.05) is 0 Å². The summed E-state index contributed by atoms with van der Waals surface area (Å²) in [6.07, 6.45) is 0. The van der Waals surface area contributed by atoms with Gasteiger partial charge in [0.1, 0.15) is 5.60 Å².